The van der Waals surface area contributed by atoms with Gasteiger partial charge in [-0.15, -0.1) is 0 Å². The quantitative estimate of drug-likeness (QED) is 0.803. The van der Waals surface area contributed by atoms with Gasteiger partial charge in [0.25, 0.3) is 0 Å². The van der Waals surface area contributed by atoms with E-state index in [1.807, 2.05) is 38.1 Å². The van der Waals surface area contributed by atoms with Crippen molar-refractivity contribution in [3.63, 3.8) is 0 Å². The normalized spacial score (nSPS) is 21.8. The third-order valence-corrected chi connectivity index (χ3v) is 5.96. The summed E-state index contributed by atoms with van der Waals surface area (Å²) in [7, 11) is 0. The van der Waals surface area contributed by atoms with E-state index in [2.05, 4.69) is 54.4 Å². The van der Waals surface area contributed by atoms with E-state index in [1.165, 1.54) is 5.56 Å². The number of ether oxygens (including phenoxy) is 2. The molecule has 152 valence electrons. The molecule has 1 N–H and O–H groups in total. The highest BCUT2D eigenvalue weighted by Crippen LogP contribution is 2.52. The molecule has 1 fully saturated rings. The second-order valence-corrected chi connectivity index (χ2v) is 7.95. The molecule has 2 heterocycles. The Morgan fingerprint density at radius 3 is 2.55 bits per heavy atom. The Labute approximate surface area is 172 Å². The molecule has 0 saturated carbocycles. The zero-order valence-corrected chi connectivity index (χ0v) is 17.5. The van der Waals surface area contributed by atoms with Gasteiger partial charge >= 0.3 is 0 Å². The summed E-state index contributed by atoms with van der Waals surface area (Å²) >= 11 is 0. The van der Waals surface area contributed by atoms with Crippen molar-refractivity contribution in [2.75, 3.05) is 24.7 Å². The van der Waals surface area contributed by atoms with Gasteiger partial charge in [-0.2, -0.15) is 0 Å². The number of fused-ring (bicyclic) bond motifs is 3. The van der Waals surface area contributed by atoms with Gasteiger partial charge in [0.05, 0.1) is 19.8 Å². The molecular formula is C24H28N2O3. The molecule has 2 aromatic carbocycles. The molecule has 0 spiro atoms. The Morgan fingerprint density at radius 2 is 1.79 bits per heavy atom. The van der Waals surface area contributed by atoms with Gasteiger partial charge in [-0.1, -0.05) is 44.2 Å². The topological polar surface area (TPSA) is 50.8 Å². The summed E-state index contributed by atoms with van der Waals surface area (Å²) in [4.78, 5) is 14.6. The van der Waals surface area contributed by atoms with Gasteiger partial charge in [-0.25, -0.2) is 0 Å². The zero-order chi connectivity index (χ0) is 20.6. The average Bonchev–Trinajstić information content (AvgIpc) is 3.13. The van der Waals surface area contributed by atoms with Crippen molar-refractivity contribution in [2.24, 2.45) is 0 Å². The van der Waals surface area contributed by atoms with E-state index in [-0.39, 0.29) is 11.3 Å². The van der Waals surface area contributed by atoms with Gasteiger partial charge in [0.1, 0.15) is 5.66 Å². The molecule has 4 rings (SSSR count). The van der Waals surface area contributed by atoms with E-state index < -0.39 is 5.66 Å². The van der Waals surface area contributed by atoms with E-state index in [4.69, 9.17) is 9.47 Å². The number of anilines is 1. The number of nitrogens with zero attached hydrogens (tertiary/aromatic N) is 1. The minimum Gasteiger partial charge on any atom is -0.490 e. The van der Waals surface area contributed by atoms with Crippen molar-refractivity contribution in [1.29, 1.82) is 0 Å². The maximum Gasteiger partial charge on any atom is 0.241 e. The highest BCUT2D eigenvalue weighted by atomic mass is 16.5. The van der Waals surface area contributed by atoms with Crippen molar-refractivity contribution in [2.45, 2.75) is 38.8 Å². The summed E-state index contributed by atoms with van der Waals surface area (Å²) in [5.74, 6) is 1.52. The number of benzene rings is 2. The summed E-state index contributed by atoms with van der Waals surface area (Å²) in [5, 5.41) is 3.25. The number of nitrogens with one attached hydrogen (secondary N) is 1. The summed E-state index contributed by atoms with van der Waals surface area (Å²) in [5.41, 5.74) is 2.48. The first-order valence-electron chi connectivity index (χ1n) is 10.2. The van der Waals surface area contributed by atoms with Crippen LogP contribution in [0.2, 0.25) is 0 Å². The lowest BCUT2D eigenvalue weighted by Gasteiger charge is -2.40. The van der Waals surface area contributed by atoms with Gasteiger partial charge < -0.3 is 19.7 Å². The van der Waals surface area contributed by atoms with Crippen molar-refractivity contribution < 1.29 is 14.3 Å². The highest BCUT2D eigenvalue weighted by Gasteiger charge is 2.59. The Kier molecular flexibility index (Phi) is 4.77. The van der Waals surface area contributed by atoms with Gasteiger partial charge in [-0.05, 0) is 49.2 Å². The van der Waals surface area contributed by atoms with Gasteiger partial charge in [0, 0.05) is 11.1 Å². The first kappa shape index (κ1) is 19.4. The van der Waals surface area contributed by atoms with Crippen molar-refractivity contribution in [3.8, 4) is 11.5 Å². The van der Waals surface area contributed by atoms with Crippen molar-refractivity contribution >= 4 is 17.7 Å². The average molecular weight is 392 g/mol. The molecule has 0 aliphatic carbocycles. The molecule has 1 atom stereocenters. The SMILES string of the molecule is CCOc1ccc(C=CC23NC(=O)CN2c2ccccc2C3(C)C)cc1OCC. The minimum atomic E-state index is -0.599. The van der Waals surface area contributed by atoms with Crippen LogP contribution in [0.5, 0.6) is 11.5 Å². The third-order valence-electron chi connectivity index (χ3n) is 5.96. The second-order valence-electron chi connectivity index (χ2n) is 7.95. The second kappa shape index (κ2) is 7.14. The molecule has 2 aliphatic rings. The molecule has 0 bridgehead atoms. The standard InChI is InChI=1S/C24H28N2O3/c1-5-28-20-12-11-17(15-21(20)29-6-2)13-14-24-23(3,4)18-9-7-8-10-19(18)26(24)16-22(27)25-24/h7-15H,5-6,16H2,1-4H3,(H,25,27). The Hall–Kier alpha value is -2.95. The lowest BCUT2D eigenvalue weighted by molar-refractivity contribution is -0.118. The van der Waals surface area contributed by atoms with E-state index in [0.29, 0.717) is 19.8 Å². The summed E-state index contributed by atoms with van der Waals surface area (Å²) in [6, 6.07) is 14.3. The molecule has 5 heteroatoms. The van der Waals surface area contributed by atoms with E-state index in [1.54, 1.807) is 0 Å². The molecule has 1 unspecified atom stereocenters. The van der Waals surface area contributed by atoms with Crippen LogP contribution < -0.4 is 19.7 Å². The molecule has 1 saturated heterocycles. The van der Waals surface area contributed by atoms with Crippen LogP contribution in [0.1, 0.15) is 38.8 Å². The molecule has 2 aromatic rings. The van der Waals surface area contributed by atoms with E-state index in [9.17, 15) is 4.79 Å². The highest BCUT2D eigenvalue weighted by molar-refractivity contribution is 5.91. The number of hydrogen-bond donors (Lipinski definition) is 1. The third kappa shape index (κ3) is 2.96. The van der Waals surface area contributed by atoms with Crippen LogP contribution in [0.3, 0.4) is 0 Å². The molecule has 2 aliphatic heterocycles. The predicted molar refractivity (Wildman–Crippen MR) is 116 cm³/mol. The molecule has 0 aromatic heterocycles. The number of carbonyl (C=O) groups is 1. The van der Waals surface area contributed by atoms with Crippen LogP contribution >= 0.6 is 0 Å². The number of rotatable bonds is 6. The van der Waals surface area contributed by atoms with E-state index in [0.717, 1.165) is 22.7 Å². The van der Waals surface area contributed by atoms with Crippen molar-refractivity contribution in [1.82, 2.24) is 5.32 Å². The summed E-state index contributed by atoms with van der Waals surface area (Å²) < 4.78 is 11.4. The fourth-order valence-electron chi connectivity index (χ4n) is 4.53. The Balaban J connectivity index is 1.74. The van der Waals surface area contributed by atoms with Crippen LogP contribution in [0, 0.1) is 0 Å². The Morgan fingerprint density at radius 1 is 1.07 bits per heavy atom. The summed E-state index contributed by atoms with van der Waals surface area (Å²) in [6.45, 7) is 9.81. The van der Waals surface area contributed by atoms with Crippen LogP contribution in [0.25, 0.3) is 6.08 Å². The van der Waals surface area contributed by atoms with Crippen LogP contribution in [-0.4, -0.2) is 31.3 Å². The Bertz CT molecular complexity index is 966. The van der Waals surface area contributed by atoms with Crippen LogP contribution in [0.4, 0.5) is 5.69 Å². The number of hydrogen-bond acceptors (Lipinski definition) is 4. The summed E-state index contributed by atoms with van der Waals surface area (Å²) in [6.07, 6.45) is 4.17. The molecule has 0 radical (unpaired) electrons. The fraction of sp³-hybridized carbons (Fsp3) is 0.375. The lowest BCUT2D eigenvalue weighted by atomic mass is 9.75. The number of carbonyl (C=O) groups excluding carboxylic acids is 1. The fourth-order valence-corrected chi connectivity index (χ4v) is 4.53. The van der Waals surface area contributed by atoms with Crippen LogP contribution in [-0.2, 0) is 10.2 Å². The lowest BCUT2D eigenvalue weighted by Crippen LogP contribution is -2.58. The molecule has 5 nitrogen and oxygen atoms in total. The number of amides is 1. The minimum absolute atomic E-state index is 0.0407. The first-order valence-corrected chi connectivity index (χ1v) is 10.2. The molecular weight excluding hydrogens is 364 g/mol. The largest absolute Gasteiger partial charge is 0.490 e. The van der Waals surface area contributed by atoms with E-state index >= 15 is 0 Å². The van der Waals surface area contributed by atoms with Crippen molar-refractivity contribution in [3.05, 3.63) is 59.7 Å². The van der Waals surface area contributed by atoms with Gasteiger partial charge in [-0.3, -0.25) is 4.79 Å². The van der Waals surface area contributed by atoms with Crippen LogP contribution in [0.15, 0.2) is 48.5 Å². The zero-order valence-electron chi connectivity index (χ0n) is 17.5. The molecule has 1 amide bonds. The molecule has 29 heavy (non-hydrogen) atoms. The number of para-hydroxylation sites is 1. The predicted octanol–water partition coefficient (Wildman–Crippen LogP) is 4.12. The van der Waals surface area contributed by atoms with Gasteiger partial charge in [0.2, 0.25) is 5.91 Å². The monoisotopic (exact) mass is 392 g/mol. The first-order chi connectivity index (χ1) is 13.9. The maximum atomic E-state index is 12.4. The smallest absolute Gasteiger partial charge is 0.241 e. The van der Waals surface area contributed by atoms with Gasteiger partial charge in [0.15, 0.2) is 11.5 Å². The maximum absolute atomic E-state index is 12.4.